The number of rotatable bonds is 3. The summed E-state index contributed by atoms with van der Waals surface area (Å²) in [5.74, 6) is 0.785. The van der Waals surface area contributed by atoms with Gasteiger partial charge in [-0.1, -0.05) is 29.8 Å². The minimum absolute atomic E-state index is 0.783. The fraction of sp³-hybridized carbons (Fsp3) is 0.385. The molecule has 86 valence electrons. The van der Waals surface area contributed by atoms with Gasteiger partial charge in [-0.15, -0.1) is 0 Å². The number of hydrogen-bond donors (Lipinski definition) is 1. The molecule has 1 aromatic carbocycles. The van der Waals surface area contributed by atoms with Crippen molar-refractivity contribution in [1.82, 2.24) is 5.32 Å². The van der Waals surface area contributed by atoms with Gasteiger partial charge in [0.15, 0.2) is 5.84 Å². The molecule has 0 atom stereocenters. The molecule has 16 heavy (non-hydrogen) atoms. The van der Waals surface area contributed by atoms with Crippen LogP contribution >= 0.6 is 0 Å². The zero-order valence-electron chi connectivity index (χ0n) is 10.4. The molecule has 0 saturated carbocycles. The second-order valence-electron chi connectivity index (χ2n) is 3.79. The van der Waals surface area contributed by atoms with E-state index in [4.69, 9.17) is 0 Å². The van der Waals surface area contributed by atoms with Crippen molar-refractivity contribution in [2.24, 2.45) is 9.98 Å². The maximum atomic E-state index is 4.49. The van der Waals surface area contributed by atoms with Gasteiger partial charge in [-0.05, 0) is 20.9 Å². The van der Waals surface area contributed by atoms with E-state index in [2.05, 4.69) is 34.4 Å². The lowest BCUT2D eigenvalue weighted by Gasteiger charge is -2.03. The van der Waals surface area contributed by atoms with Crippen molar-refractivity contribution in [2.75, 3.05) is 20.6 Å². The Balaban J connectivity index is 2.92. The first-order chi connectivity index (χ1) is 7.67. The fourth-order valence-corrected chi connectivity index (χ4v) is 1.42. The quantitative estimate of drug-likeness (QED) is 0.610. The Hall–Kier alpha value is -1.48. The molecule has 0 saturated heterocycles. The highest BCUT2D eigenvalue weighted by Gasteiger charge is 2.01. The summed E-state index contributed by atoms with van der Waals surface area (Å²) in [7, 11) is 3.68. The van der Waals surface area contributed by atoms with E-state index in [0.717, 1.165) is 23.7 Å². The molecule has 1 N–H and O–H groups in total. The summed E-state index contributed by atoms with van der Waals surface area (Å²) in [5, 5.41) is 3.07. The lowest BCUT2D eigenvalue weighted by Crippen LogP contribution is -2.17. The van der Waals surface area contributed by atoms with Gasteiger partial charge in [0.25, 0.3) is 0 Å². The molecule has 3 heteroatoms. The van der Waals surface area contributed by atoms with Crippen molar-refractivity contribution in [3.63, 3.8) is 0 Å². The van der Waals surface area contributed by atoms with Crippen LogP contribution in [0, 0.1) is 6.92 Å². The molecular formula is C13H19N3. The van der Waals surface area contributed by atoms with E-state index in [9.17, 15) is 0 Å². The summed E-state index contributed by atoms with van der Waals surface area (Å²) in [5.41, 5.74) is 3.34. The Bertz CT molecular complexity index is 388. The average Bonchev–Trinajstić information content (AvgIpc) is 2.27. The highest BCUT2D eigenvalue weighted by atomic mass is 14.9. The topological polar surface area (TPSA) is 36.8 Å². The number of aliphatic imine (C=N–C) groups is 2. The van der Waals surface area contributed by atoms with Crippen molar-refractivity contribution in [3.05, 3.63) is 35.4 Å². The predicted octanol–water partition coefficient (Wildman–Crippen LogP) is 2.05. The van der Waals surface area contributed by atoms with Gasteiger partial charge in [0.05, 0.1) is 0 Å². The Morgan fingerprint density at radius 2 is 1.88 bits per heavy atom. The Morgan fingerprint density at radius 1 is 1.25 bits per heavy atom. The van der Waals surface area contributed by atoms with Crippen LogP contribution in [0.5, 0.6) is 0 Å². The van der Waals surface area contributed by atoms with E-state index in [0.29, 0.717) is 0 Å². The van der Waals surface area contributed by atoms with E-state index < -0.39 is 0 Å². The van der Waals surface area contributed by atoms with E-state index in [1.807, 2.05) is 26.1 Å². The molecule has 0 bridgehead atoms. The molecule has 1 rings (SSSR count). The van der Waals surface area contributed by atoms with E-state index in [1.165, 1.54) is 5.56 Å². The molecule has 0 aromatic heterocycles. The average molecular weight is 217 g/mol. The maximum absolute atomic E-state index is 4.49. The largest absolute Gasteiger partial charge is 0.315 e. The van der Waals surface area contributed by atoms with E-state index in [-0.39, 0.29) is 0 Å². The fourth-order valence-electron chi connectivity index (χ4n) is 1.42. The summed E-state index contributed by atoms with van der Waals surface area (Å²) in [6.45, 7) is 4.85. The van der Waals surface area contributed by atoms with Crippen molar-refractivity contribution in [2.45, 2.75) is 13.8 Å². The van der Waals surface area contributed by atoms with Crippen LogP contribution in [0.2, 0.25) is 0 Å². The second kappa shape index (κ2) is 6.18. The molecule has 0 amide bonds. The zero-order chi connectivity index (χ0) is 12.0. The molecule has 1 aromatic rings. The van der Waals surface area contributed by atoms with Crippen LogP contribution in [0.15, 0.2) is 34.3 Å². The predicted molar refractivity (Wildman–Crippen MR) is 70.7 cm³/mol. The minimum Gasteiger partial charge on any atom is -0.315 e. The van der Waals surface area contributed by atoms with Gasteiger partial charge in [-0.2, -0.15) is 0 Å². The molecule has 0 aliphatic rings. The van der Waals surface area contributed by atoms with Crippen molar-refractivity contribution >= 4 is 11.5 Å². The number of nitrogens with one attached hydrogen (secondary N) is 1. The standard InChI is InChI=1S/C13H19N3/c1-10-5-7-12(8-6-10)13(15-4)16-11(2)9-14-3/h5-8,14H,9H2,1-4H3. The molecular weight excluding hydrogens is 198 g/mol. The highest BCUT2D eigenvalue weighted by Crippen LogP contribution is 2.05. The van der Waals surface area contributed by atoms with Gasteiger partial charge in [-0.3, -0.25) is 4.99 Å². The summed E-state index contributed by atoms with van der Waals surface area (Å²) in [6.07, 6.45) is 0. The Morgan fingerprint density at radius 3 is 2.38 bits per heavy atom. The molecule has 3 nitrogen and oxygen atoms in total. The number of hydrogen-bond acceptors (Lipinski definition) is 2. The van der Waals surface area contributed by atoms with Crippen LogP contribution in [-0.4, -0.2) is 32.2 Å². The van der Waals surface area contributed by atoms with Crippen molar-refractivity contribution < 1.29 is 0 Å². The highest BCUT2D eigenvalue weighted by molar-refractivity contribution is 6.06. The van der Waals surface area contributed by atoms with Crippen LogP contribution in [0.3, 0.4) is 0 Å². The smallest absolute Gasteiger partial charge is 0.154 e. The lowest BCUT2D eigenvalue weighted by atomic mass is 10.1. The minimum atomic E-state index is 0.783. The van der Waals surface area contributed by atoms with Crippen LogP contribution in [-0.2, 0) is 0 Å². The molecule has 0 fully saturated rings. The summed E-state index contributed by atoms with van der Waals surface area (Å²) in [6, 6.07) is 8.24. The Labute approximate surface area is 97.3 Å². The normalized spacial score (nSPS) is 13.0. The number of nitrogens with zero attached hydrogens (tertiary/aromatic N) is 2. The number of benzene rings is 1. The van der Waals surface area contributed by atoms with Crippen LogP contribution in [0.25, 0.3) is 0 Å². The third kappa shape index (κ3) is 3.59. The van der Waals surface area contributed by atoms with Gasteiger partial charge in [-0.25, -0.2) is 4.99 Å². The van der Waals surface area contributed by atoms with Gasteiger partial charge in [0.1, 0.15) is 0 Å². The number of aryl methyl sites for hydroxylation is 1. The van der Waals surface area contributed by atoms with Crippen LogP contribution in [0.1, 0.15) is 18.1 Å². The van der Waals surface area contributed by atoms with Crippen LogP contribution < -0.4 is 5.32 Å². The van der Waals surface area contributed by atoms with Crippen molar-refractivity contribution in [1.29, 1.82) is 0 Å². The first kappa shape index (κ1) is 12.6. The molecule has 0 heterocycles. The Kier molecular flexibility index (Phi) is 4.86. The number of amidine groups is 1. The molecule has 0 unspecified atom stereocenters. The second-order valence-corrected chi connectivity index (χ2v) is 3.79. The first-order valence-electron chi connectivity index (χ1n) is 5.40. The summed E-state index contributed by atoms with van der Waals surface area (Å²) in [4.78, 5) is 8.70. The van der Waals surface area contributed by atoms with Crippen LogP contribution in [0.4, 0.5) is 0 Å². The van der Waals surface area contributed by atoms with Gasteiger partial charge >= 0.3 is 0 Å². The van der Waals surface area contributed by atoms with E-state index >= 15 is 0 Å². The maximum Gasteiger partial charge on any atom is 0.154 e. The van der Waals surface area contributed by atoms with Gasteiger partial charge in [0.2, 0.25) is 0 Å². The zero-order valence-corrected chi connectivity index (χ0v) is 10.4. The van der Waals surface area contributed by atoms with E-state index in [1.54, 1.807) is 7.05 Å². The molecule has 0 spiro atoms. The first-order valence-corrected chi connectivity index (χ1v) is 5.40. The summed E-state index contributed by atoms with van der Waals surface area (Å²) < 4.78 is 0. The van der Waals surface area contributed by atoms with Gasteiger partial charge < -0.3 is 5.32 Å². The molecule has 0 radical (unpaired) electrons. The lowest BCUT2D eigenvalue weighted by molar-refractivity contribution is 0.943. The monoisotopic (exact) mass is 217 g/mol. The summed E-state index contributed by atoms with van der Waals surface area (Å²) >= 11 is 0. The van der Waals surface area contributed by atoms with Gasteiger partial charge in [0, 0.05) is 24.9 Å². The van der Waals surface area contributed by atoms with Crippen molar-refractivity contribution in [3.8, 4) is 0 Å². The molecule has 0 aliphatic carbocycles. The molecule has 0 aliphatic heterocycles. The third-order valence-corrected chi connectivity index (χ3v) is 2.25. The third-order valence-electron chi connectivity index (χ3n) is 2.25. The SMILES string of the molecule is CN=C(N=C(C)CNC)c1ccc(C)cc1.